The Labute approximate surface area is 163 Å². The number of hydrogen-bond donors (Lipinski definition) is 0. The average molecular weight is 420 g/mol. The molecular formula is C17H10Cl4O4. The van der Waals surface area contributed by atoms with E-state index >= 15 is 0 Å². The number of ether oxygens (including phenoxy) is 2. The number of esters is 2. The lowest BCUT2D eigenvalue weighted by Crippen LogP contribution is -2.13. The molecule has 2 rings (SSSR count). The van der Waals surface area contributed by atoms with Gasteiger partial charge >= 0.3 is 11.9 Å². The molecule has 0 aromatic heterocycles. The molecule has 2 aromatic carbocycles. The molecule has 0 radical (unpaired) electrons. The van der Waals surface area contributed by atoms with E-state index in [2.05, 4.69) is 0 Å². The van der Waals surface area contributed by atoms with Crippen LogP contribution in [0.15, 0.2) is 48.0 Å². The smallest absolute Gasteiger partial charge is 0.339 e. The number of benzene rings is 2. The van der Waals surface area contributed by atoms with Gasteiger partial charge in [-0.2, -0.15) is 0 Å². The van der Waals surface area contributed by atoms with Crippen LogP contribution in [0.4, 0.5) is 0 Å². The van der Waals surface area contributed by atoms with E-state index in [1.54, 1.807) is 0 Å². The third-order valence-corrected chi connectivity index (χ3v) is 3.92. The second kappa shape index (κ2) is 8.59. The Morgan fingerprint density at radius 2 is 1.32 bits per heavy atom. The summed E-state index contributed by atoms with van der Waals surface area (Å²) in [6.45, 7) is 1.40. The molecule has 0 atom stereocenters. The van der Waals surface area contributed by atoms with Crippen LogP contribution in [-0.2, 0) is 9.59 Å². The van der Waals surface area contributed by atoms with Crippen molar-refractivity contribution in [3.63, 3.8) is 0 Å². The minimum Gasteiger partial charge on any atom is -0.422 e. The highest BCUT2D eigenvalue weighted by Gasteiger charge is 2.14. The van der Waals surface area contributed by atoms with Gasteiger partial charge in [0.05, 0.1) is 10.0 Å². The van der Waals surface area contributed by atoms with E-state index < -0.39 is 11.9 Å². The summed E-state index contributed by atoms with van der Waals surface area (Å²) in [4.78, 5) is 23.9. The van der Waals surface area contributed by atoms with Gasteiger partial charge in [0, 0.05) is 21.7 Å². The molecule has 0 aliphatic rings. The summed E-state index contributed by atoms with van der Waals surface area (Å²) < 4.78 is 10.2. The zero-order valence-electron chi connectivity index (χ0n) is 12.7. The second-order valence-corrected chi connectivity index (χ2v) is 6.47. The normalized spacial score (nSPS) is 11.2. The Bertz CT molecular complexity index is 862. The van der Waals surface area contributed by atoms with Crippen LogP contribution < -0.4 is 9.47 Å². The number of halogens is 4. The molecule has 0 saturated heterocycles. The van der Waals surface area contributed by atoms with Gasteiger partial charge < -0.3 is 9.47 Å². The zero-order valence-corrected chi connectivity index (χ0v) is 15.7. The Balaban J connectivity index is 2.06. The van der Waals surface area contributed by atoms with Gasteiger partial charge in [0.25, 0.3) is 0 Å². The van der Waals surface area contributed by atoms with Crippen LogP contribution in [0.25, 0.3) is 0 Å². The van der Waals surface area contributed by atoms with Gasteiger partial charge in [-0.3, -0.25) is 0 Å². The lowest BCUT2D eigenvalue weighted by atomic mass is 10.3. The zero-order chi connectivity index (χ0) is 18.6. The van der Waals surface area contributed by atoms with E-state index in [-0.39, 0.29) is 27.1 Å². The molecule has 2 aromatic rings. The van der Waals surface area contributed by atoms with Crippen LogP contribution in [-0.4, -0.2) is 11.9 Å². The summed E-state index contributed by atoms with van der Waals surface area (Å²) in [6.07, 6.45) is 0.983. The topological polar surface area (TPSA) is 52.6 Å². The van der Waals surface area contributed by atoms with Crippen molar-refractivity contribution < 1.29 is 19.1 Å². The van der Waals surface area contributed by atoms with Crippen LogP contribution in [0.1, 0.15) is 6.92 Å². The quantitative estimate of drug-likeness (QED) is 0.359. The van der Waals surface area contributed by atoms with E-state index in [0.29, 0.717) is 10.0 Å². The Hall–Kier alpha value is -1.72. The van der Waals surface area contributed by atoms with Crippen molar-refractivity contribution >= 4 is 58.3 Å². The first-order valence-electron chi connectivity index (χ1n) is 6.78. The summed E-state index contributed by atoms with van der Waals surface area (Å²) in [5.41, 5.74) is 0.0149. The largest absolute Gasteiger partial charge is 0.422 e. The first kappa shape index (κ1) is 19.6. The molecule has 4 nitrogen and oxygen atoms in total. The minimum absolute atomic E-state index is 0.0149. The number of rotatable bonds is 4. The van der Waals surface area contributed by atoms with Gasteiger partial charge in [-0.05, 0) is 43.3 Å². The highest BCUT2D eigenvalue weighted by molar-refractivity contribution is 6.36. The third kappa shape index (κ3) is 5.65. The first-order valence-corrected chi connectivity index (χ1v) is 8.30. The van der Waals surface area contributed by atoms with Gasteiger partial charge in [-0.15, -0.1) is 0 Å². The summed E-state index contributed by atoms with van der Waals surface area (Å²) in [7, 11) is 0. The molecule has 0 fully saturated rings. The standard InChI is InChI=1S/C17H10Cl4O4/c1-9(17(23)25-15-5-3-11(19)8-13(15)21)6-16(22)24-14-4-2-10(18)7-12(14)20/h2-8H,1H3. The number of hydrogen-bond acceptors (Lipinski definition) is 4. The molecule has 0 spiro atoms. The Kier molecular flexibility index (Phi) is 6.73. The first-order chi connectivity index (χ1) is 11.8. The van der Waals surface area contributed by atoms with Gasteiger partial charge in [0.1, 0.15) is 11.5 Å². The molecule has 0 bridgehead atoms. The molecule has 130 valence electrons. The van der Waals surface area contributed by atoms with Crippen LogP contribution >= 0.6 is 46.4 Å². The molecule has 0 aliphatic heterocycles. The van der Waals surface area contributed by atoms with Crippen molar-refractivity contribution in [2.45, 2.75) is 6.92 Å². The minimum atomic E-state index is -0.791. The third-order valence-electron chi connectivity index (χ3n) is 2.86. The SMILES string of the molecule is CC(=CC(=O)Oc1ccc(Cl)cc1Cl)C(=O)Oc1ccc(Cl)cc1Cl. The molecule has 0 unspecified atom stereocenters. The molecule has 0 heterocycles. The molecule has 0 N–H and O–H groups in total. The van der Waals surface area contributed by atoms with E-state index in [0.717, 1.165) is 6.08 Å². The van der Waals surface area contributed by atoms with Crippen molar-refractivity contribution in [1.82, 2.24) is 0 Å². The maximum Gasteiger partial charge on any atom is 0.339 e. The van der Waals surface area contributed by atoms with Crippen LogP contribution in [0.5, 0.6) is 11.5 Å². The lowest BCUT2D eigenvalue weighted by molar-refractivity contribution is -0.132. The van der Waals surface area contributed by atoms with Gasteiger partial charge in [-0.25, -0.2) is 9.59 Å². The highest BCUT2D eigenvalue weighted by atomic mass is 35.5. The van der Waals surface area contributed by atoms with Crippen LogP contribution in [0.2, 0.25) is 20.1 Å². The van der Waals surface area contributed by atoms with Gasteiger partial charge in [0.15, 0.2) is 0 Å². The molecular weight excluding hydrogens is 410 g/mol. The maximum absolute atomic E-state index is 12.0. The summed E-state index contributed by atoms with van der Waals surface area (Å²) >= 11 is 23.4. The molecule has 0 aliphatic carbocycles. The molecule has 25 heavy (non-hydrogen) atoms. The predicted octanol–water partition coefficient (Wildman–Crippen LogP) is 5.76. The summed E-state index contributed by atoms with van der Waals surface area (Å²) in [6, 6.07) is 8.79. The fourth-order valence-corrected chi connectivity index (χ4v) is 2.56. The van der Waals surface area contributed by atoms with Gasteiger partial charge in [0.2, 0.25) is 0 Å². The average Bonchev–Trinajstić information content (AvgIpc) is 2.52. The monoisotopic (exact) mass is 418 g/mol. The molecule has 0 amide bonds. The van der Waals surface area contributed by atoms with E-state index in [1.807, 2.05) is 0 Å². The van der Waals surface area contributed by atoms with Crippen LogP contribution in [0.3, 0.4) is 0 Å². The fourth-order valence-electron chi connectivity index (χ4n) is 1.67. The highest BCUT2D eigenvalue weighted by Crippen LogP contribution is 2.29. The van der Waals surface area contributed by atoms with E-state index in [1.165, 1.54) is 43.3 Å². The maximum atomic E-state index is 12.0. The van der Waals surface area contributed by atoms with Crippen LogP contribution in [0, 0.1) is 0 Å². The van der Waals surface area contributed by atoms with Gasteiger partial charge in [-0.1, -0.05) is 46.4 Å². The Morgan fingerprint density at radius 1 is 0.840 bits per heavy atom. The van der Waals surface area contributed by atoms with Crippen molar-refractivity contribution in [2.75, 3.05) is 0 Å². The van der Waals surface area contributed by atoms with Crippen molar-refractivity contribution in [3.05, 3.63) is 68.1 Å². The number of carbonyl (C=O) groups is 2. The van der Waals surface area contributed by atoms with Crippen molar-refractivity contribution in [3.8, 4) is 11.5 Å². The molecule has 8 heteroatoms. The molecule has 0 saturated carbocycles. The lowest BCUT2D eigenvalue weighted by Gasteiger charge is -2.07. The number of carbonyl (C=O) groups excluding carboxylic acids is 2. The predicted molar refractivity (Wildman–Crippen MR) is 98.0 cm³/mol. The van der Waals surface area contributed by atoms with E-state index in [9.17, 15) is 9.59 Å². The second-order valence-electron chi connectivity index (χ2n) is 4.79. The fraction of sp³-hybridized carbons (Fsp3) is 0.0588. The Morgan fingerprint density at radius 3 is 1.80 bits per heavy atom. The van der Waals surface area contributed by atoms with Crippen molar-refractivity contribution in [2.24, 2.45) is 0 Å². The van der Waals surface area contributed by atoms with Crippen molar-refractivity contribution in [1.29, 1.82) is 0 Å². The van der Waals surface area contributed by atoms with E-state index in [4.69, 9.17) is 55.9 Å². The summed E-state index contributed by atoms with van der Waals surface area (Å²) in [5.74, 6) is -1.31. The summed E-state index contributed by atoms with van der Waals surface area (Å²) in [5, 5.41) is 1.15.